The molecule has 0 aliphatic heterocycles. The SMILES string of the molecule is CCOc1ccccc1CCCNC(=O)C(C)N(c1ccc(C)cc1)S(C)(=O)=O. The molecule has 0 heterocycles. The number of benzene rings is 2. The van der Waals surface area contributed by atoms with Gasteiger partial charge in [0.25, 0.3) is 0 Å². The van der Waals surface area contributed by atoms with Gasteiger partial charge in [-0.3, -0.25) is 9.10 Å². The van der Waals surface area contributed by atoms with E-state index >= 15 is 0 Å². The summed E-state index contributed by atoms with van der Waals surface area (Å²) in [5, 5.41) is 2.85. The summed E-state index contributed by atoms with van der Waals surface area (Å²) in [6, 6.07) is 14.1. The van der Waals surface area contributed by atoms with E-state index in [1.807, 2.05) is 50.2 Å². The fraction of sp³-hybridized carbons (Fsp3) is 0.409. The van der Waals surface area contributed by atoms with Crippen LogP contribution >= 0.6 is 0 Å². The molecule has 0 bridgehead atoms. The summed E-state index contributed by atoms with van der Waals surface area (Å²) in [5.74, 6) is 0.534. The molecular weight excluding hydrogens is 388 g/mol. The summed E-state index contributed by atoms with van der Waals surface area (Å²) in [6.45, 7) is 6.52. The van der Waals surface area contributed by atoms with Crippen molar-refractivity contribution in [2.45, 2.75) is 39.7 Å². The van der Waals surface area contributed by atoms with Gasteiger partial charge in [-0.15, -0.1) is 0 Å². The third kappa shape index (κ3) is 6.49. The van der Waals surface area contributed by atoms with E-state index in [1.54, 1.807) is 19.1 Å². The maximum Gasteiger partial charge on any atom is 0.243 e. The molecule has 0 saturated heterocycles. The van der Waals surface area contributed by atoms with Gasteiger partial charge in [0.05, 0.1) is 18.6 Å². The Bertz CT molecular complexity index is 911. The van der Waals surface area contributed by atoms with Crippen LogP contribution in [-0.2, 0) is 21.2 Å². The van der Waals surface area contributed by atoms with Gasteiger partial charge in [-0.05, 0) is 57.4 Å². The quantitative estimate of drug-likeness (QED) is 0.601. The number of hydrogen-bond acceptors (Lipinski definition) is 4. The van der Waals surface area contributed by atoms with Gasteiger partial charge < -0.3 is 10.1 Å². The highest BCUT2D eigenvalue weighted by Gasteiger charge is 2.28. The first-order valence-electron chi connectivity index (χ1n) is 9.78. The predicted molar refractivity (Wildman–Crippen MR) is 117 cm³/mol. The third-order valence-electron chi connectivity index (χ3n) is 4.57. The molecule has 1 amide bonds. The molecule has 2 aromatic carbocycles. The third-order valence-corrected chi connectivity index (χ3v) is 5.81. The standard InChI is InChI=1S/C22H30N2O4S/c1-5-28-21-11-7-6-9-19(21)10-8-16-23-22(25)18(3)24(29(4,26)27)20-14-12-17(2)13-15-20/h6-7,9,11-15,18H,5,8,10,16H2,1-4H3,(H,23,25). The minimum atomic E-state index is -3.60. The summed E-state index contributed by atoms with van der Waals surface area (Å²) in [7, 11) is -3.60. The molecule has 0 aromatic heterocycles. The topological polar surface area (TPSA) is 75.7 Å². The zero-order valence-electron chi connectivity index (χ0n) is 17.5. The molecule has 158 valence electrons. The van der Waals surface area contributed by atoms with Gasteiger partial charge in [0.15, 0.2) is 0 Å². The highest BCUT2D eigenvalue weighted by Crippen LogP contribution is 2.22. The lowest BCUT2D eigenvalue weighted by Crippen LogP contribution is -2.48. The van der Waals surface area contributed by atoms with Crippen LogP contribution in [0.5, 0.6) is 5.75 Å². The van der Waals surface area contributed by atoms with Gasteiger partial charge in [-0.2, -0.15) is 0 Å². The first-order valence-corrected chi connectivity index (χ1v) is 11.6. The smallest absolute Gasteiger partial charge is 0.243 e. The minimum Gasteiger partial charge on any atom is -0.494 e. The molecule has 2 rings (SSSR count). The van der Waals surface area contributed by atoms with Crippen LogP contribution in [0.4, 0.5) is 5.69 Å². The summed E-state index contributed by atoms with van der Waals surface area (Å²) >= 11 is 0. The van der Waals surface area contributed by atoms with Crippen molar-refractivity contribution in [3.63, 3.8) is 0 Å². The van der Waals surface area contributed by atoms with E-state index in [0.717, 1.165) is 40.3 Å². The van der Waals surface area contributed by atoms with Gasteiger partial charge in [0.1, 0.15) is 11.8 Å². The molecule has 2 aromatic rings. The van der Waals surface area contributed by atoms with Crippen molar-refractivity contribution in [3.05, 3.63) is 59.7 Å². The minimum absolute atomic E-state index is 0.325. The second kappa shape index (κ2) is 10.3. The fourth-order valence-electron chi connectivity index (χ4n) is 3.15. The molecule has 1 N–H and O–H groups in total. The Hall–Kier alpha value is -2.54. The number of hydrogen-bond donors (Lipinski definition) is 1. The molecular formula is C22H30N2O4S. The number of carbonyl (C=O) groups is 1. The normalized spacial score (nSPS) is 12.3. The van der Waals surface area contributed by atoms with Crippen molar-refractivity contribution in [2.75, 3.05) is 23.7 Å². The largest absolute Gasteiger partial charge is 0.494 e. The van der Waals surface area contributed by atoms with Crippen molar-refractivity contribution in [1.82, 2.24) is 5.32 Å². The van der Waals surface area contributed by atoms with Crippen LogP contribution in [0.2, 0.25) is 0 Å². The summed E-state index contributed by atoms with van der Waals surface area (Å²) in [5.41, 5.74) is 2.59. The van der Waals surface area contributed by atoms with Crippen molar-refractivity contribution < 1.29 is 17.9 Å². The number of anilines is 1. The molecule has 29 heavy (non-hydrogen) atoms. The molecule has 0 aliphatic carbocycles. The van der Waals surface area contributed by atoms with Gasteiger partial charge in [-0.25, -0.2) is 8.42 Å². The zero-order valence-corrected chi connectivity index (χ0v) is 18.3. The molecule has 6 nitrogen and oxygen atoms in total. The van der Waals surface area contributed by atoms with Crippen LogP contribution in [0.15, 0.2) is 48.5 Å². The number of para-hydroxylation sites is 1. The van der Waals surface area contributed by atoms with Gasteiger partial charge in [0, 0.05) is 6.54 Å². The molecule has 0 radical (unpaired) electrons. The van der Waals surface area contributed by atoms with Gasteiger partial charge in [0.2, 0.25) is 15.9 Å². The number of aryl methyl sites for hydroxylation is 2. The number of rotatable bonds is 10. The van der Waals surface area contributed by atoms with Crippen molar-refractivity contribution in [2.24, 2.45) is 0 Å². The van der Waals surface area contributed by atoms with E-state index in [9.17, 15) is 13.2 Å². The maximum absolute atomic E-state index is 12.6. The molecule has 0 spiro atoms. The first-order chi connectivity index (χ1) is 13.7. The van der Waals surface area contributed by atoms with Crippen LogP contribution in [-0.4, -0.2) is 39.8 Å². The lowest BCUT2D eigenvalue weighted by Gasteiger charge is -2.28. The Morgan fingerprint density at radius 2 is 1.79 bits per heavy atom. The highest BCUT2D eigenvalue weighted by molar-refractivity contribution is 7.92. The van der Waals surface area contributed by atoms with Crippen LogP contribution < -0.4 is 14.4 Å². The van der Waals surface area contributed by atoms with Gasteiger partial charge >= 0.3 is 0 Å². The lowest BCUT2D eigenvalue weighted by atomic mass is 10.1. The van der Waals surface area contributed by atoms with Crippen molar-refractivity contribution in [3.8, 4) is 5.75 Å². The summed E-state index contributed by atoms with van der Waals surface area (Å²) < 4.78 is 31.4. The number of nitrogens with zero attached hydrogens (tertiary/aromatic N) is 1. The Balaban J connectivity index is 1.97. The monoisotopic (exact) mass is 418 g/mol. The lowest BCUT2D eigenvalue weighted by molar-refractivity contribution is -0.121. The van der Waals surface area contributed by atoms with E-state index in [-0.39, 0.29) is 5.91 Å². The fourth-order valence-corrected chi connectivity index (χ4v) is 4.32. The maximum atomic E-state index is 12.6. The number of nitrogens with one attached hydrogen (secondary N) is 1. The molecule has 0 aliphatic rings. The van der Waals surface area contributed by atoms with E-state index in [2.05, 4.69) is 5.32 Å². The van der Waals surface area contributed by atoms with Crippen molar-refractivity contribution in [1.29, 1.82) is 0 Å². The Kier molecular flexibility index (Phi) is 8.08. The Morgan fingerprint density at radius 1 is 1.14 bits per heavy atom. The molecule has 0 saturated carbocycles. The Labute approximate surface area is 173 Å². The average molecular weight is 419 g/mol. The number of carbonyl (C=O) groups excluding carboxylic acids is 1. The van der Waals surface area contributed by atoms with Crippen LogP contribution in [0, 0.1) is 6.92 Å². The van der Waals surface area contributed by atoms with E-state index in [0.29, 0.717) is 18.8 Å². The van der Waals surface area contributed by atoms with E-state index in [4.69, 9.17) is 4.74 Å². The first kappa shape index (κ1) is 22.7. The average Bonchev–Trinajstić information content (AvgIpc) is 2.67. The van der Waals surface area contributed by atoms with Crippen LogP contribution in [0.25, 0.3) is 0 Å². The molecule has 7 heteroatoms. The Morgan fingerprint density at radius 3 is 2.41 bits per heavy atom. The summed E-state index contributed by atoms with van der Waals surface area (Å²) in [4.78, 5) is 12.6. The predicted octanol–water partition coefficient (Wildman–Crippen LogP) is 3.30. The van der Waals surface area contributed by atoms with E-state index < -0.39 is 16.1 Å². The second-order valence-electron chi connectivity index (χ2n) is 7.01. The highest BCUT2D eigenvalue weighted by atomic mass is 32.2. The molecule has 1 atom stereocenters. The van der Waals surface area contributed by atoms with Crippen molar-refractivity contribution >= 4 is 21.6 Å². The number of sulfonamides is 1. The summed E-state index contributed by atoms with van der Waals surface area (Å²) in [6.07, 6.45) is 2.60. The van der Waals surface area contributed by atoms with Crippen LogP contribution in [0.3, 0.4) is 0 Å². The second-order valence-corrected chi connectivity index (χ2v) is 8.87. The molecule has 1 unspecified atom stereocenters. The molecule has 0 fully saturated rings. The van der Waals surface area contributed by atoms with E-state index in [1.165, 1.54) is 0 Å². The van der Waals surface area contributed by atoms with Gasteiger partial charge in [-0.1, -0.05) is 35.9 Å². The number of amides is 1. The number of ether oxygens (including phenoxy) is 1. The van der Waals surface area contributed by atoms with Crippen LogP contribution in [0.1, 0.15) is 31.4 Å². The zero-order chi connectivity index (χ0) is 21.4.